The van der Waals surface area contributed by atoms with Gasteiger partial charge in [0, 0.05) is 6.54 Å². The third-order valence-electron chi connectivity index (χ3n) is 2.72. The highest BCUT2D eigenvalue weighted by molar-refractivity contribution is 5.89. The average Bonchev–Trinajstić information content (AvgIpc) is 3.09. The van der Waals surface area contributed by atoms with Crippen molar-refractivity contribution in [1.82, 2.24) is 0 Å². The number of benzene rings is 1. The van der Waals surface area contributed by atoms with Crippen molar-refractivity contribution in [3.8, 4) is 5.75 Å². The molecule has 1 aromatic rings. The first kappa shape index (κ1) is 10.8. The molecule has 4 nitrogen and oxygen atoms in total. The number of ether oxygens (including phenoxy) is 1. The van der Waals surface area contributed by atoms with Crippen LogP contribution in [0.5, 0.6) is 5.75 Å². The lowest BCUT2D eigenvalue weighted by Gasteiger charge is -2.11. The number of rotatable bonds is 5. The zero-order chi connectivity index (χ0) is 11.5. The molecule has 2 rings (SSSR count). The average molecular weight is 221 g/mol. The Balaban J connectivity index is 2.16. The van der Waals surface area contributed by atoms with Gasteiger partial charge in [-0.25, -0.2) is 4.79 Å². The minimum absolute atomic E-state index is 0.277. The number of carboxylic acids is 1. The largest absolute Gasteiger partial charge is 0.495 e. The molecule has 0 bridgehead atoms. The molecule has 1 saturated carbocycles. The van der Waals surface area contributed by atoms with Crippen molar-refractivity contribution in [1.29, 1.82) is 0 Å². The maximum Gasteiger partial charge on any atom is 0.335 e. The van der Waals surface area contributed by atoms with Gasteiger partial charge in [-0.3, -0.25) is 0 Å². The molecule has 1 fully saturated rings. The van der Waals surface area contributed by atoms with Crippen LogP contribution in [0.1, 0.15) is 23.2 Å². The Labute approximate surface area is 94.2 Å². The van der Waals surface area contributed by atoms with E-state index in [1.165, 1.54) is 12.8 Å². The van der Waals surface area contributed by atoms with E-state index in [9.17, 15) is 4.79 Å². The fourth-order valence-corrected chi connectivity index (χ4v) is 1.56. The molecule has 0 aromatic heterocycles. The van der Waals surface area contributed by atoms with Crippen molar-refractivity contribution in [2.75, 3.05) is 19.0 Å². The number of carbonyl (C=O) groups is 1. The molecule has 1 aliphatic carbocycles. The maximum absolute atomic E-state index is 10.8. The smallest absolute Gasteiger partial charge is 0.335 e. The normalized spacial score (nSPS) is 14.6. The number of anilines is 1. The standard InChI is InChI=1S/C12H15NO3/c1-16-11-5-4-9(12(14)15)6-10(11)13-7-8-2-3-8/h4-6,8,13H,2-3,7H2,1H3,(H,14,15). The van der Waals surface area contributed by atoms with Crippen molar-refractivity contribution >= 4 is 11.7 Å². The molecule has 2 N–H and O–H groups in total. The summed E-state index contributed by atoms with van der Waals surface area (Å²) in [6.07, 6.45) is 2.52. The Bertz CT molecular complexity index is 399. The summed E-state index contributed by atoms with van der Waals surface area (Å²) in [5, 5.41) is 12.1. The van der Waals surface area contributed by atoms with E-state index in [0.717, 1.165) is 18.2 Å². The van der Waals surface area contributed by atoms with Crippen LogP contribution in [-0.2, 0) is 0 Å². The molecule has 86 valence electrons. The minimum Gasteiger partial charge on any atom is -0.495 e. The van der Waals surface area contributed by atoms with Crippen LogP contribution in [0.25, 0.3) is 0 Å². The molecule has 0 unspecified atom stereocenters. The summed E-state index contributed by atoms with van der Waals surface area (Å²) >= 11 is 0. The van der Waals surface area contributed by atoms with Gasteiger partial charge in [-0.15, -0.1) is 0 Å². The highest BCUT2D eigenvalue weighted by atomic mass is 16.5. The van der Waals surface area contributed by atoms with E-state index in [4.69, 9.17) is 9.84 Å². The summed E-state index contributed by atoms with van der Waals surface area (Å²) in [5.74, 6) is 0.501. The highest BCUT2D eigenvalue weighted by Gasteiger charge is 2.21. The predicted octanol–water partition coefficient (Wildman–Crippen LogP) is 2.22. The van der Waals surface area contributed by atoms with Gasteiger partial charge in [0.05, 0.1) is 18.4 Å². The molecule has 1 aliphatic rings. The van der Waals surface area contributed by atoms with Gasteiger partial charge in [0.2, 0.25) is 0 Å². The predicted molar refractivity (Wildman–Crippen MR) is 61.2 cm³/mol. The van der Waals surface area contributed by atoms with Gasteiger partial charge >= 0.3 is 5.97 Å². The molecule has 1 aromatic carbocycles. The lowest BCUT2D eigenvalue weighted by atomic mass is 10.2. The van der Waals surface area contributed by atoms with Gasteiger partial charge in [0.25, 0.3) is 0 Å². The molecular formula is C12H15NO3. The molecule has 0 amide bonds. The molecule has 0 heterocycles. The molecule has 0 spiro atoms. The van der Waals surface area contributed by atoms with Crippen molar-refractivity contribution < 1.29 is 14.6 Å². The van der Waals surface area contributed by atoms with Gasteiger partial charge in [0.15, 0.2) is 0 Å². The molecule has 0 radical (unpaired) electrons. The summed E-state index contributed by atoms with van der Waals surface area (Å²) in [6.45, 7) is 0.888. The summed E-state index contributed by atoms with van der Waals surface area (Å²) in [4.78, 5) is 10.8. The Morgan fingerprint density at radius 3 is 2.88 bits per heavy atom. The zero-order valence-corrected chi connectivity index (χ0v) is 9.19. The molecule has 0 atom stereocenters. The van der Waals surface area contributed by atoms with Crippen molar-refractivity contribution in [3.05, 3.63) is 23.8 Å². The van der Waals surface area contributed by atoms with Crippen LogP contribution in [0.3, 0.4) is 0 Å². The zero-order valence-electron chi connectivity index (χ0n) is 9.19. The van der Waals surface area contributed by atoms with Crippen LogP contribution in [-0.4, -0.2) is 24.7 Å². The van der Waals surface area contributed by atoms with Crippen LogP contribution >= 0.6 is 0 Å². The summed E-state index contributed by atoms with van der Waals surface area (Å²) in [5.41, 5.74) is 1.04. The van der Waals surface area contributed by atoms with Crippen molar-refractivity contribution in [2.24, 2.45) is 5.92 Å². The number of aromatic carboxylic acids is 1. The summed E-state index contributed by atoms with van der Waals surface area (Å²) in [6, 6.07) is 4.84. The number of methoxy groups -OCH3 is 1. The number of carboxylic acid groups (broad SMARTS) is 1. The van der Waals surface area contributed by atoms with E-state index in [0.29, 0.717) is 5.75 Å². The van der Waals surface area contributed by atoms with Crippen molar-refractivity contribution in [2.45, 2.75) is 12.8 Å². The van der Waals surface area contributed by atoms with Gasteiger partial charge in [-0.1, -0.05) is 0 Å². The first-order chi connectivity index (χ1) is 7.70. The quantitative estimate of drug-likeness (QED) is 0.800. The molecule has 0 aliphatic heterocycles. The molecular weight excluding hydrogens is 206 g/mol. The van der Waals surface area contributed by atoms with E-state index in [1.54, 1.807) is 25.3 Å². The second kappa shape index (κ2) is 4.43. The van der Waals surface area contributed by atoms with E-state index >= 15 is 0 Å². The Morgan fingerprint density at radius 1 is 1.56 bits per heavy atom. The molecule has 0 saturated heterocycles. The highest BCUT2D eigenvalue weighted by Crippen LogP contribution is 2.31. The van der Waals surface area contributed by atoms with E-state index in [-0.39, 0.29) is 5.56 Å². The Morgan fingerprint density at radius 2 is 2.31 bits per heavy atom. The molecule has 4 heteroatoms. The van der Waals surface area contributed by atoms with Crippen LogP contribution < -0.4 is 10.1 Å². The number of nitrogens with one attached hydrogen (secondary N) is 1. The monoisotopic (exact) mass is 221 g/mol. The van der Waals surface area contributed by atoms with Gasteiger partial charge in [0.1, 0.15) is 5.75 Å². The lowest BCUT2D eigenvalue weighted by Crippen LogP contribution is -2.06. The first-order valence-electron chi connectivity index (χ1n) is 5.36. The van der Waals surface area contributed by atoms with Gasteiger partial charge in [-0.05, 0) is 37.0 Å². The fourth-order valence-electron chi connectivity index (χ4n) is 1.56. The van der Waals surface area contributed by atoms with E-state index in [2.05, 4.69) is 5.32 Å². The van der Waals surface area contributed by atoms with Gasteiger partial charge in [-0.2, -0.15) is 0 Å². The second-order valence-corrected chi connectivity index (χ2v) is 4.04. The lowest BCUT2D eigenvalue weighted by molar-refractivity contribution is 0.0697. The van der Waals surface area contributed by atoms with E-state index in [1.807, 2.05) is 0 Å². The van der Waals surface area contributed by atoms with Crippen LogP contribution in [0.15, 0.2) is 18.2 Å². The Hall–Kier alpha value is -1.71. The molecule has 16 heavy (non-hydrogen) atoms. The van der Waals surface area contributed by atoms with Crippen LogP contribution in [0, 0.1) is 5.92 Å². The fraction of sp³-hybridized carbons (Fsp3) is 0.417. The maximum atomic E-state index is 10.8. The third kappa shape index (κ3) is 2.45. The second-order valence-electron chi connectivity index (χ2n) is 4.04. The number of hydrogen-bond acceptors (Lipinski definition) is 3. The van der Waals surface area contributed by atoms with Crippen LogP contribution in [0.2, 0.25) is 0 Å². The summed E-state index contributed by atoms with van der Waals surface area (Å²) in [7, 11) is 1.58. The van der Waals surface area contributed by atoms with Crippen LogP contribution in [0.4, 0.5) is 5.69 Å². The third-order valence-corrected chi connectivity index (χ3v) is 2.72. The minimum atomic E-state index is -0.919. The van der Waals surface area contributed by atoms with E-state index < -0.39 is 5.97 Å². The van der Waals surface area contributed by atoms with Gasteiger partial charge < -0.3 is 15.2 Å². The Kier molecular flexibility index (Phi) is 2.99. The summed E-state index contributed by atoms with van der Waals surface area (Å²) < 4.78 is 5.18. The first-order valence-corrected chi connectivity index (χ1v) is 5.36. The van der Waals surface area contributed by atoms with Crippen molar-refractivity contribution in [3.63, 3.8) is 0 Å². The SMILES string of the molecule is COc1ccc(C(=O)O)cc1NCC1CC1. The number of hydrogen-bond donors (Lipinski definition) is 2. The topological polar surface area (TPSA) is 58.6 Å².